The Morgan fingerprint density at radius 3 is 2.67 bits per heavy atom. The summed E-state index contributed by atoms with van der Waals surface area (Å²) in [6.07, 6.45) is 10.7. The van der Waals surface area contributed by atoms with Crippen LogP contribution in [0.1, 0.15) is 62.4 Å². The number of thiazole rings is 1. The average Bonchev–Trinajstić information content (AvgIpc) is 2.99. The molecule has 0 radical (unpaired) electrons. The highest BCUT2D eigenvalue weighted by molar-refractivity contribution is 7.15. The van der Waals surface area contributed by atoms with Crippen molar-refractivity contribution in [2.75, 3.05) is 18.5 Å². The Morgan fingerprint density at radius 2 is 2.00 bits per heavy atom. The van der Waals surface area contributed by atoms with E-state index in [-0.39, 0.29) is 0 Å². The standard InChI is InChI=1S/C17H29N3S/c1-3-6-15-16(11-18-14-9-10-14)21-17(19-15)20(2)12-13-7-4-5-8-13/h13-14,18H,3-12H2,1-2H3. The van der Waals surface area contributed by atoms with E-state index in [4.69, 9.17) is 4.98 Å². The highest BCUT2D eigenvalue weighted by Crippen LogP contribution is 2.31. The lowest BCUT2D eigenvalue weighted by molar-refractivity contribution is 0.546. The maximum absolute atomic E-state index is 4.94. The SMILES string of the molecule is CCCc1nc(N(C)CC2CCCC2)sc1CNC1CC1. The number of nitrogens with one attached hydrogen (secondary N) is 1. The van der Waals surface area contributed by atoms with E-state index < -0.39 is 0 Å². The van der Waals surface area contributed by atoms with Gasteiger partial charge in [-0.25, -0.2) is 4.98 Å². The molecule has 2 aliphatic carbocycles. The van der Waals surface area contributed by atoms with Crippen LogP contribution in [0.15, 0.2) is 0 Å². The number of hydrogen-bond donors (Lipinski definition) is 1. The van der Waals surface area contributed by atoms with Gasteiger partial charge in [0, 0.05) is 31.1 Å². The third-order valence-electron chi connectivity index (χ3n) is 4.72. The van der Waals surface area contributed by atoms with Gasteiger partial charge in [-0.2, -0.15) is 0 Å². The molecule has 3 rings (SSSR count). The molecule has 0 aliphatic heterocycles. The predicted octanol–water partition coefficient (Wildman–Crippen LogP) is 3.97. The van der Waals surface area contributed by atoms with Crippen molar-refractivity contribution in [3.63, 3.8) is 0 Å². The van der Waals surface area contributed by atoms with Gasteiger partial charge in [0.1, 0.15) is 0 Å². The fourth-order valence-corrected chi connectivity index (χ4v) is 4.31. The summed E-state index contributed by atoms with van der Waals surface area (Å²) in [5, 5.41) is 4.88. The summed E-state index contributed by atoms with van der Waals surface area (Å²) in [7, 11) is 2.23. The van der Waals surface area contributed by atoms with Crippen molar-refractivity contribution in [2.24, 2.45) is 5.92 Å². The van der Waals surface area contributed by atoms with Crippen LogP contribution in [0.2, 0.25) is 0 Å². The minimum absolute atomic E-state index is 0.779. The summed E-state index contributed by atoms with van der Waals surface area (Å²) in [4.78, 5) is 8.82. The second kappa shape index (κ2) is 7.10. The van der Waals surface area contributed by atoms with E-state index in [2.05, 4.69) is 24.2 Å². The Kier molecular flexibility index (Phi) is 5.17. The first-order chi connectivity index (χ1) is 10.3. The average molecular weight is 308 g/mol. The molecule has 0 aromatic carbocycles. The molecule has 3 nitrogen and oxygen atoms in total. The fraction of sp³-hybridized carbons (Fsp3) is 0.824. The lowest BCUT2D eigenvalue weighted by Gasteiger charge is -2.19. The fourth-order valence-electron chi connectivity index (χ4n) is 3.29. The summed E-state index contributed by atoms with van der Waals surface area (Å²) < 4.78 is 0. The Bertz CT molecular complexity index is 447. The van der Waals surface area contributed by atoms with E-state index in [1.807, 2.05) is 11.3 Å². The van der Waals surface area contributed by atoms with Gasteiger partial charge in [-0.05, 0) is 38.0 Å². The van der Waals surface area contributed by atoms with Gasteiger partial charge in [0.2, 0.25) is 0 Å². The topological polar surface area (TPSA) is 28.2 Å². The van der Waals surface area contributed by atoms with Crippen molar-refractivity contribution in [1.29, 1.82) is 0 Å². The minimum Gasteiger partial charge on any atom is -0.351 e. The Balaban J connectivity index is 1.63. The first kappa shape index (κ1) is 15.3. The highest BCUT2D eigenvalue weighted by atomic mass is 32.1. The van der Waals surface area contributed by atoms with Crippen LogP contribution in [-0.2, 0) is 13.0 Å². The quantitative estimate of drug-likeness (QED) is 0.787. The van der Waals surface area contributed by atoms with Gasteiger partial charge >= 0.3 is 0 Å². The summed E-state index contributed by atoms with van der Waals surface area (Å²) in [5.74, 6) is 0.890. The molecule has 4 heteroatoms. The second-order valence-electron chi connectivity index (χ2n) is 6.80. The molecule has 0 bridgehead atoms. The first-order valence-electron chi connectivity index (χ1n) is 8.69. The number of anilines is 1. The van der Waals surface area contributed by atoms with Crippen molar-refractivity contribution in [2.45, 2.75) is 70.9 Å². The zero-order chi connectivity index (χ0) is 14.7. The Labute approximate surface area is 133 Å². The van der Waals surface area contributed by atoms with Crippen LogP contribution in [0.3, 0.4) is 0 Å². The van der Waals surface area contributed by atoms with Crippen molar-refractivity contribution < 1.29 is 0 Å². The molecule has 21 heavy (non-hydrogen) atoms. The van der Waals surface area contributed by atoms with Gasteiger partial charge in [0.25, 0.3) is 0 Å². The number of aryl methyl sites for hydroxylation is 1. The summed E-state index contributed by atoms with van der Waals surface area (Å²) in [6, 6.07) is 0.779. The number of aromatic nitrogens is 1. The number of nitrogens with zero attached hydrogens (tertiary/aromatic N) is 2. The van der Waals surface area contributed by atoms with E-state index in [1.54, 1.807) is 0 Å². The molecule has 2 aliphatic rings. The monoisotopic (exact) mass is 307 g/mol. The molecule has 1 N–H and O–H groups in total. The van der Waals surface area contributed by atoms with Crippen LogP contribution in [0, 0.1) is 5.92 Å². The normalized spacial score (nSPS) is 19.3. The maximum atomic E-state index is 4.94. The van der Waals surface area contributed by atoms with Gasteiger partial charge in [-0.1, -0.05) is 26.2 Å². The highest BCUT2D eigenvalue weighted by Gasteiger charge is 2.23. The van der Waals surface area contributed by atoms with Crippen molar-refractivity contribution >= 4 is 16.5 Å². The Morgan fingerprint density at radius 1 is 1.24 bits per heavy atom. The largest absolute Gasteiger partial charge is 0.351 e. The van der Waals surface area contributed by atoms with Crippen LogP contribution < -0.4 is 10.2 Å². The molecule has 0 atom stereocenters. The van der Waals surface area contributed by atoms with Gasteiger partial charge in [0.15, 0.2) is 5.13 Å². The summed E-state index contributed by atoms with van der Waals surface area (Å²) in [5.41, 5.74) is 1.34. The van der Waals surface area contributed by atoms with E-state index in [0.717, 1.165) is 24.9 Å². The van der Waals surface area contributed by atoms with Crippen molar-refractivity contribution in [3.8, 4) is 0 Å². The molecule has 0 saturated heterocycles. The molecule has 2 fully saturated rings. The molecule has 1 aromatic rings. The molecule has 2 saturated carbocycles. The van der Waals surface area contributed by atoms with Crippen molar-refractivity contribution in [3.05, 3.63) is 10.6 Å². The van der Waals surface area contributed by atoms with Gasteiger partial charge in [0.05, 0.1) is 5.69 Å². The first-order valence-corrected chi connectivity index (χ1v) is 9.51. The summed E-state index contributed by atoms with van der Waals surface area (Å²) >= 11 is 1.91. The van der Waals surface area contributed by atoms with E-state index in [9.17, 15) is 0 Å². The molecule has 0 amide bonds. The molecule has 1 aromatic heterocycles. The maximum Gasteiger partial charge on any atom is 0.185 e. The van der Waals surface area contributed by atoms with Gasteiger partial charge in [-0.3, -0.25) is 0 Å². The van der Waals surface area contributed by atoms with Gasteiger partial charge < -0.3 is 10.2 Å². The minimum atomic E-state index is 0.779. The van der Waals surface area contributed by atoms with Crippen LogP contribution in [-0.4, -0.2) is 24.6 Å². The molecule has 0 spiro atoms. The van der Waals surface area contributed by atoms with E-state index >= 15 is 0 Å². The lowest BCUT2D eigenvalue weighted by atomic mass is 10.1. The van der Waals surface area contributed by atoms with Crippen LogP contribution in [0.5, 0.6) is 0 Å². The molecular formula is C17H29N3S. The zero-order valence-electron chi connectivity index (χ0n) is 13.5. The van der Waals surface area contributed by atoms with E-state index in [1.165, 1.54) is 67.2 Å². The number of rotatable bonds is 8. The van der Waals surface area contributed by atoms with Crippen LogP contribution in [0.4, 0.5) is 5.13 Å². The smallest absolute Gasteiger partial charge is 0.185 e. The van der Waals surface area contributed by atoms with Gasteiger partial charge in [-0.15, -0.1) is 11.3 Å². The molecule has 0 unspecified atom stereocenters. The number of hydrogen-bond acceptors (Lipinski definition) is 4. The zero-order valence-corrected chi connectivity index (χ0v) is 14.3. The summed E-state index contributed by atoms with van der Waals surface area (Å²) in [6.45, 7) is 4.46. The lowest BCUT2D eigenvalue weighted by Crippen LogP contribution is -2.23. The second-order valence-corrected chi connectivity index (χ2v) is 7.86. The van der Waals surface area contributed by atoms with Crippen molar-refractivity contribution in [1.82, 2.24) is 10.3 Å². The molecule has 1 heterocycles. The molecule has 118 valence electrons. The van der Waals surface area contributed by atoms with Crippen LogP contribution >= 0.6 is 11.3 Å². The Hall–Kier alpha value is -0.610. The third kappa shape index (κ3) is 4.19. The predicted molar refractivity (Wildman–Crippen MR) is 91.2 cm³/mol. The third-order valence-corrected chi connectivity index (χ3v) is 5.93. The molecular weight excluding hydrogens is 278 g/mol. The van der Waals surface area contributed by atoms with Crippen LogP contribution in [0.25, 0.3) is 0 Å². The van der Waals surface area contributed by atoms with E-state index in [0.29, 0.717) is 0 Å².